The van der Waals surface area contributed by atoms with E-state index in [9.17, 15) is 0 Å². The molecule has 0 spiro atoms. The van der Waals surface area contributed by atoms with Crippen molar-refractivity contribution >= 4 is 11.3 Å². The first kappa shape index (κ1) is 6.38. The molecule has 0 radical (unpaired) electrons. The van der Waals surface area contributed by atoms with Crippen LogP contribution in [-0.4, -0.2) is 6.61 Å². The Morgan fingerprint density at radius 1 is 1.60 bits per heavy atom. The second kappa shape index (κ2) is 2.72. The van der Waals surface area contributed by atoms with E-state index in [1.54, 1.807) is 11.3 Å². The van der Waals surface area contributed by atoms with Gasteiger partial charge in [-0.3, -0.25) is 0 Å². The maximum atomic E-state index is 5.51. The zero-order chi connectivity index (χ0) is 6.81. The van der Waals surface area contributed by atoms with Crippen molar-refractivity contribution in [3.63, 3.8) is 0 Å². The van der Waals surface area contributed by atoms with Crippen molar-refractivity contribution in [3.8, 4) is 0 Å². The van der Waals surface area contributed by atoms with Gasteiger partial charge in [0.1, 0.15) is 0 Å². The van der Waals surface area contributed by atoms with Gasteiger partial charge in [-0.05, 0) is 24.3 Å². The van der Waals surface area contributed by atoms with E-state index in [2.05, 4.69) is 17.5 Å². The number of hydrogen-bond donors (Lipinski definition) is 0. The highest BCUT2D eigenvalue weighted by Crippen LogP contribution is 2.30. The lowest BCUT2D eigenvalue weighted by atomic mass is 10.2. The van der Waals surface area contributed by atoms with Gasteiger partial charge in [0, 0.05) is 11.5 Å². The van der Waals surface area contributed by atoms with Crippen molar-refractivity contribution in [1.29, 1.82) is 0 Å². The van der Waals surface area contributed by atoms with Gasteiger partial charge in [0.25, 0.3) is 0 Å². The van der Waals surface area contributed by atoms with Crippen molar-refractivity contribution < 1.29 is 4.74 Å². The molecule has 1 aliphatic heterocycles. The second-order valence-corrected chi connectivity index (χ2v) is 3.50. The molecule has 0 aliphatic carbocycles. The molecular weight excluding hydrogens is 144 g/mol. The fourth-order valence-corrected chi connectivity index (χ4v) is 2.09. The minimum atomic E-state index is 0.417. The van der Waals surface area contributed by atoms with Crippen LogP contribution < -0.4 is 0 Å². The van der Waals surface area contributed by atoms with Gasteiger partial charge in [-0.15, -0.1) is 11.3 Å². The van der Waals surface area contributed by atoms with Crippen molar-refractivity contribution in [2.24, 2.45) is 0 Å². The lowest BCUT2D eigenvalue weighted by Gasteiger charge is -2.04. The maximum absolute atomic E-state index is 5.51. The van der Waals surface area contributed by atoms with Crippen LogP contribution in [0, 0.1) is 0 Å². The van der Waals surface area contributed by atoms with E-state index in [1.807, 2.05) is 0 Å². The molecule has 1 aliphatic rings. The van der Waals surface area contributed by atoms with Crippen LogP contribution in [0.3, 0.4) is 0 Å². The van der Waals surface area contributed by atoms with Crippen LogP contribution in [0.4, 0.5) is 0 Å². The van der Waals surface area contributed by atoms with Crippen LogP contribution >= 0.6 is 11.3 Å². The highest BCUT2D eigenvalue weighted by atomic mass is 32.1. The largest absolute Gasteiger partial charge is 0.373 e. The smallest absolute Gasteiger partial charge is 0.0917 e. The van der Waals surface area contributed by atoms with E-state index in [0.29, 0.717) is 6.10 Å². The molecule has 1 fully saturated rings. The van der Waals surface area contributed by atoms with Crippen molar-refractivity contribution in [2.45, 2.75) is 18.9 Å². The molecule has 0 unspecified atom stereocenters. The molecule has 2 heteroatoms. The maximum Gasteiger partial charge on any atom is 0.0917 e. The van der Waals surface area contributed by atoms with Gasteiger partial charge in [-0.2, -0.15) is 0 Å². The summed E-state index contributed by atoms with van der Waals surface area (Å²) in [6.45, 7) is 0.947. The van der Waals surface area contributed by atoms with Crippen LogP contribution in [-0.2, 0) is 4.74 Å². The van der Waals surface area contributed by atoms with Crippen LogP contribution in [0.15, 0.2) is 17.5 Å². The fraction of sp³-hybridized carbons (Fsp3) is 0.500. The molecule has 54 valence electrons. The molecule has 0 bridgehead atoms. The predicted molar refractivity (Wildman–Crippen MR) is 42.2 cm³/mol. The summed E-state index contributed by atoms with van der Waals surface area (Å²) in [6.07, 6.45) is 2.85. The van der Waals surface area contributed by atoms with E-state index in [-0.39, 0.29) is 0 Å². The van der Waals surface area contributed by atoms with Gasteiger partial charge in [0.05, 0.1) is 6.10 Å². The monoisotopic (exact) mass is 154 g/mol. The summed E-state index contributed by atoms with van der Waals surface area (Å²) in [5.41, 5.74) is 0. The third-order valence-corrected chi connectivity index (χ3v) is 2.75. The Balaban J connectivity index is 2.12. The average Bonchev–Trinajstić information content (AvgIpc) is 2.59. The summed E-state index contributed by atoms with van der Waals surface area (Å²) in [7, 11) is 0. The summed E-state index contributed by atoms with van der Waals surface area (Å²) in [5, 5.41) is 2.11. The zero-order valence-corrected chi connectivity index (χ0v) is 6.56. The average molecular weight is 154 g/mol. The van der Waals surface area contributed by atoms with Gasteiger partial charge in [-0.25, -0.2) is 0 Å². The van der Waals surface area contributed by atoms with E-state index < -0.39 is 0 Å². The molecule has 0 N–H and O–H groups in total. The summed E-state index contributed by atoms with van der Waals surface area (Å²) in [5.74, 6) is 0. The fourth-order valence-electron chi connectivity index (χ4n) is 1.28. The number of thiophene rings is 1. The van der Waals surface area contributed by atoms with Crippen molar-refractivity contribution in [2.75, 3.05) is 6.61 Å². The number of hydrogen-bond acceptors (Lipinski definition) is 2. The highest BCUT2D eigenvalue weighted by Gasteiger charge is 2.17. The lowest BCUT2D eigenvalue weighted by molar-refractivity contribution is 0.114. The standard InChI is InChI=1S/C8H10OS/c1-3-7(9-5-1)8-4-2-6-10-8/h2,4,6-7H,1,3,5H2/t7-/m1/s1. The van der Waals surface area contributed by atoms with Crippen molar-refractivity contribution in [1.82, 2.24) is 0 Å². The van der Waals surface area contributed by atoms with Gasteiger partial charge >= 0.3 is 0 Å². The number of rotatable bonds is 1. The molecule has 0 saturated carbocycles. The molecule has 1 aromatic rings. The Morgan fingerprint density at radius 3 is 3.20 bits per heavy atom. The first-order valence-electron chi connectivity index (χ1n) is 3.62. The number of ether oxygens (including phenoxy) is 1. The summed E-state index contributed by atoms with van der Waals surface area (Å²) in [6, 6.07) is 4.24. The Morgan fingerprint density at radius 2 is 2.60 bits per heavy atom. The molecule has 2 heterocycles. The Labute approximate surface area is 64.6 Å². The minimum absolute atomic E-state index is 0.417. The van der Waals surface area contributed by atoms with Crippen LogP contribution in [0.2, 0.25) is 0 Å². The van der Waals surface area contributed by atoms with Crippen molar-refractivity contribution in [3.05, 3.63) is 22.4 Å². The Hall–Kier alpha value is -0.340. The normalized spacial score (nSPS) is 25.4. The molecule has 1 aromatic heterocycles. The SMILES string of the molecule is c1csc([C@H]2CCCO2)c1. The molecule has 0 amide bonds. The summed E-state index contributed by atoms with van der Waals surface area (Å²) in [4.78, 5) is 1.39. The van der Waals surface area contributed by atoms with E-state index in [4.69, 9.17) is 4.74 Å². The Kier molecular flexibility index (Phi) is 1.74. The highest BCUT2D eigenvalue weighted by molar-refractivity contribution is 7.10. The van der Waals surface area contributed by atoms with Crippen LogP contribution in [0.5, 0.6) is 0 Å². The minimum Gasteiger partial charge on any atom is -0.373 e. The molecule has 0 aromatic carbocycles. The topological polar surface area (TPSA) is 9.23 Å². The molecule has 1 saturated heterocycles. The molecule has 1 nitrogen and oxygen atoms in total. The van der Waals surface area contributed by atoms with Gasteiger partial charge in [0.15, 0.2) is 0 Å². The van der Waals surface area contributed by atoms with Gasteiger partial charge < -0.3 is 4.74 Å². The first-order valence-corrected chi connectivity index (χ1v) is 4.50. The Bertz CT molecular complexity index is 187. The van der Waals surface area contributed by atoms with E-state index in [0.717, 1.165) is 6.61 Å². The molecule has 1 atom stereocenters. The molecule has 2 rings (SSSR count). The van der Waals surface area contributed by atoms with Gasteiger partial charge in [-0.1, -0.05) is 6.07 Å². The first-order chi connectivity index (χ1) is 4.97. The predicted octanol–water partition coefficient (Wildman–Crippen LogP) is 2.60. The molecule has 10 heavy (non-hydrogen) atoms. The zero-order valence-electron chi connectivity index (χ0n) is 5.75. The lowest BCUT2D eigenvalue weighted by Crippen LogP contribution is -1.90. The van der Waals surface area contributed by atoms with E-state index in [1.165, 1.54) is 17.7 Å². The van der Waals surface area contributed by atoms with Crippen LogP contribution in [0.25, 0.3) is 0 Å². The van der Waals surface area contributed by atoms with Gasteiger partial charge in [0.2, 0.25) is 0 Å². The summed E-state index contributed by atoms with van der Waals surface area (Å²) < 4.78 is 5.51. The third-order valence-electron chi connectivity index (χ3n) is 1.79. The van der Waals surface area contributed by atoms with E-state index >= 15 is 0 Å². The van der Waals surface area contributed by atoms with Crippen LogP contribution in [0.1, 0.15) is 23.8 Å². The quantitative estimate of drug-likeness (QED) is 0.604. The third kappa shape index (κ3) is 1.09. The molecular formula is C8H10OS. The second-order valence-electron chi connectivity index (χ2n) is 2.52. The summed E-state index contributed by atoms with van der Waals surface area (Å²) >= 11 is 1.80.